The maximum Gasteiger partial charge on any atom is 0.252 e. The Morgan fingerprint density at radius 2 is 2.07 bits per heavy atom. The fraction of sp³-hybridized carbons (Fsp3) is 0.381. The summed E-state index contributed by atoms with van der Waals surface area (Å²) in [6, 6.07) is 11.0. The Labute approximate surface area is 169 Å². The normalized spacial score (nSPS) is 18.7. The van der Waals surface area contributed by atoms with Crippen LogP contribution in [0.5, 0.6) is 0 Å². The molecule has 1 saturated carbocycles. The molecule has 0 spiro atoms. The Balaban J connectivity index is 1.95. The van der Waals surface area contributed by atoms with E-state index >= 15 is 0 Å². The summed E-state index contributed by atoms with van der Waals surface area (Å²) in [6.45, 7) is 0.0425. The van der Waals surface area contributed by atoms with E-state index in [1.807, 2.05) is 24.3 Å². The Bertz CT molecular complexity index is 924. The van der Waals surface area contributed by atoms with E-state index in [1.54, 1.807) is 0 Å². The van der Waals surface area contributed by atoms with Gasteiger partial charge in [-0.1, -0.05) is 25.0 Å². The highest BCUT2D eigenvalue weighted by atomic mass is 16.3. The van der Waals surface area contributed by atoms with Gasteiger partial charge < -0.3 is 27.2 Å². The SMILES string of the molecule is N#Cc1cc(C(N)=O)c(Nc2cccc(CCO)c2)nc1N[C@@H]1CCCC[C@@H]1N. The average molecular weight is 394 g/mol. The Morgan fingerprint density at radius 3 is 2.76 bits per heavy atom. The van der Waals surface area contributed by atoms with Crippen molar-refractivity contribution in [2.45, 2.75) is 44.2 Å². The van der Waals surface area contributed by atoms with Gasteiger partial charge in [-0.2, -0.15) is 5.26 Å². The highest BCUT2D eigenvalue weighted by molar-refractivity contribution is 5.99. The Morgan fingerprint density at radius 1 is 1.28 bits per heavy atom. The number of nitriles is 1. The molecule has 0 aliphatic heterocycles. The molecule has 1 aromatic heterocycles. The zero-order chi connectivity index (χ0) is 20.8. The van der Waals surface area contributed by atoms with Crippen LogP contribution in [0.4, 0.5) is 17.3 Å². The van der Waals surface area contributed by atoms with Gasteiger partial charge in [0, 0.05) is 24.4 Å². The second-order valence-corrected chi connectivity index (χ2v) is 7.25. The molecule has 1 aliphatic carbocycles. The highest BCUT2D eigenvalue weighted by Gasteiger charge is 2.24. The largest absolute Gasteiger partial charge is 0.396 e. The van der Waals surface area contributed by atoms with Crippen LogP contribution in [0.1, 0.15) is 47.2 Å². The second-order valence-electron chi connectivity index (χ2n) is 7.25. The summed E-state index contributed by atoms with van der Waals surface area (Å²) < 4.78 is 0. The van der Waals surface area contributed by atoms with Crippen molar-refractivity contribution in [3.8, 4) is 6.07 Å². The van der Waals surface area contributed by atoms with Gasteiger partial charge in [0.05, 0.1) is 11.1 Å². The zero-order valence-corrected chi connectivity index (χ0v) is 16.2. The number of carbonyl (C=O) groups is 1. The highest BCUT2D eigenvalue weighted by Crippen LogP contribution is 2.27. The molecule has 29 heavy (non-hydrogen) atoms. The first kappa shape index (κ1) is 20.6. The van der Waals surface area contributed by atoms with Crippen LogP contribution in [-0.4, -0.2) is 34.7 Å². The number of benzene rings is 1. The lowest BCUT2D eigenvalue weighted by Gasteiger charge is -2.30. The summed E-state index contributed by atoms with van der Waals surface area (Å²) in [5.41, 5.74) is 13.8. The van der Waals surface area contributed by atoms with Gasteiger partial charge in [-0.25, -0.2) is 4.98 Å². The molecule has 1 heterocycles. The van der Waals surface area contributed by atoms with Crippen molar-refractivity contribution in [1.82, 2.24) is 4.98 Å². The van der Waals surface area contributed by atoms with Crippen LogP contribution in [0.25, 0.3) is 0 Å². The smallest absolute Gasteiger partial charge is 0.252 e. The first-order valence-corrected chi connectivity index (χ1v) is 9.75. The van der Waals surface area contributed by atoms with E-state index < -0.39 is 5.91 Å². The molecule has 2 aromatic rings. The quantitative estimate of drug-likeness (QED) is 0.482. The van der Waals surface area contributed by atoms with E-state index in [-0.39, 0.29) is 35.6 Å². The molecule has 1 amide bonds. The first-order valence-electron chi connectivity index (χ1n) is 9.75. The standard InChI is InChI=1S/C21H26N6O2/c22-12-14-11-16(19(24)29)21(25-15-5-3-4-13(10-15)8-9-28)27-20(14)26-18-7-2-1-6-17(18)23/h3-5,10-11,17-18,28H,1-2,6-9,23H2,(H2,24,29)(H2,25,26,27)/t17-,18+/m0/s1. The molecule has 1 aromatic carbocycles. The van der Waals surface area contributed by atoms with Gasteiger partial charge in [0.15, 0.2) is 0 Å². The molecule has 7 N–H and O–H groups in total. The van der Waals surface area contributed by atoms with Gasteiger partial charge in [0.1, 0.15) is 17.7 Å². The minimum absolute atomic E-state index is 0.0144. The third-order valence-electron chi connectivity index (χ3n) is 5.14. The number of nitrogens with one attached hydrogen (secondary N) is 2. The third-order valence-corrected chi connectivity index (χ3v) is 5.14. The summed E-state index contributed by atoms with van der Waals surface area (Å²) in [5.74, 6) is -0.0256. The number of nitrogens with two attached hydrogens (primary N) is 2. The first-order chi connectivity index (χ1) is 14.0. The number of aliphatic hydroxyl groups excluding tert-OH is 1. The van der Waals surface area contributed by atoms with Crippen molar-refractivity contribution in [3.05, 3.63) is 47.0 Å². The predicted octanol–water partition coefficient (Wildman–Crippen LogP) is 2.01. The van der Waals surface area contributed by atoms with Gasteiger partial charge in [-0.3, -0.25) is 4.79 Å². The number of aliphatic hydroxyl groups is 1. The molecule has 0 saturated heterocycles. The van der Waals surface area contributed by atoms with Gasteiger partial charge >= 0.3 is 0 Å². The van der Waals surface area contributed by atoms with Crippen molar-refractivity contribution in [1.29, 1.82) is 5.26 Å². The van der Waals surface area contributed by atoms with Crippen LogP contribution in [-0.2, 0) is 6.42 Å². The van der Waals surface area contributed by atoms with Crippen LogP contribution < -0.4 is 22.1 Å². The summed E-state index contributed by atoms with van der Waals surface area (Å²) in [6.07, 6.45) is 4.50. The van der Waals surface area contributed by atoms with E-state index in [4.69, 9.17) is 16.6 Å². The van der Waals surface area contributed by atoms with Gasteiger partial charge in [-0.05, 0) is 43.0 Å². The van der Waals surface area contributed by atoms with E-state index in [0.717, 1.165) is 31.2 Å². The summed E-state index contributed by atoms with van der Waals surface area (Å²) in [5, 5.41) is 25.1. The van der Waals surface area contributed by atoms with Gasteiger partial charge in [0.25, 0.3) is 5.91 Å². The molecule has 3 rings (SSSR count). The summed E-state index contributed by atoms with van der Waals surface area (Å²) >= 11 is 0. The van der Waals surface area contributed by atoms with Crippen LogP contribution in [0.15, 0.2) is 30.3 Å². The Kier molecular flexibility index (Phi) is 6.65. The number of anilines is 3. The molecule has 0 bridgehead atoms. The fourth-order valence-corrected chi connectivity index (χ4v) is 3.58. The lowest BCUT2D eigenvalue weighted by molar-refractivity contribution is 0.100. The summed E-state index contributed by atoms with van der Waals surface area (Å²) in [7, 11) is 0. The number of amides is 1. The van der Waals surface area contributed by atoms with Crippen molar-refractivity contribution in [2.75, 3.05) is 17.2 Å². The molecular weight excluding hydrogens is 368 g/mol. The maximum atomic E-state index is 12.0. The van der Waals surface area contributed by atoms with Crippen molar-refractivity contribution >= 4 is 23.2 Å². The van der Waals surface area contributed by atoms with Crippen LogP contribution in [0.3, 0.4) is 0 Å². The molecule has 152 valence electrons. The third kappa shape index (κ3) is 5.02. The lowest BCUT2D eigenvalue weighted by atomic mass is 9.91. The second kappa shape index (κ2) is 9.37. The zero-order valence-electron chi connectivity index (χ0n) is 16.2. The van der Waals surface area contributed by atoms with Crippen molar-refractivity contribution in [3.63, 3.8) is 0 Å². The number of rotatable bonds is 7. The molecular formula is C21H26N6O2. The average Bonchev–Trinajstić information content (AvgIpc) is 2.70. The fourth-order valence-electron chi connectivity index (χ4n) is 3.58. The maximum absolute atomic E-state index is 12.0. The predicted molar refractivity (Wildman–Crippen MR) is 112 cm³/mol. The monoisotopic (exact) mass is 394 g/mol. The number of nitrogens with zero attached hydrogens (tertiary/aromatic N) is 2. The van der Waals surface area contributed by atoms with E-state index in [9.17, 15) is 10.1 Å². The summed E-state index contributed by atoms with van der Waals surface area (Å²) in [4.78, 5) is 16.5. The number of hydrogen-bond donors (Lipinski definition) is 5. The van der Waals surface area contributed by atoms with Gasteiger partial charge in [-0.15, -0.1) is 0 Å². The molecule has 1 aliphatic rings. The minimum Gasteiger partial charge on any atom is -0.396 e. The van der Waals surface area contributed by atoms with Crippen LogP contribution >= 0.6 is 0 Å². The number of pyridine rings is 1. The molecule has 2 atom stereocenters. The lowest BCUT2D eigenvalue weighted by Crippen LogP contribution is -2.43. The molecule has 1 fully saturated rings. The van der Waals surface area contributed by atoms with Gasteiger partial charge in [0.2, 0.25) is 0 Å². The van der Waals surface area contributed by atoms with Crippen LogP contribution in [0, 0.1) is 11.3 Å². The van der Waals surface area contributed by atoms with E-state index in [1.165, 1.54) is 6.07 Å². The van der Waals surface area contributed by atoms with Crippen molar-refractivity contribution in [2.24, 2.45) is 11.5 Å². The van der Waals surface area contributed by atoms with Crippen LogP contribution in [0.2, 0.25) is 0 Å². The Hall–Kier alpha value is -3.15. The topological polar surface area (TPSA) is 150 Å². The van der Waals surface area contributed by atoms with E-state index in [2.05, 4.69) is 21.7 Å². The molecule has 8 heteroatoms. The molecule has 0 unspecified atom stereocenters. The van der Waals surface area contributed by atoms with E-state index in [0.29, 0.717) is 17.9 Å². The van der Waals surface area contributed by atoms with Crippen molar-refractivity contribution < 1.29 is 9.90 Å². The minimum atomic E-state index is -0.677. The number of carbonyl (C=O) groups excluding carboxylic acids is 1. The number of aromatic nitrogens is 1. The number of primary amides is 1. The molecule has 8 nitrogen and oxygen atoms in total. The number of hydrogen-bond acceptors (Lipinski definition) is 7. The molecule has 0 radical (unpaired) electrons.